The molecule has 0 N–H and O–H groups in total. The zero-order valence-corrected chi connectivity index (χ0v) is 11.2. The second-order valence-corrected chi connectivity index (χ2v) is 4.61. The number of carbonyl (C=O) groups excluding carboxylic acids is 1. The molecule has 0 saturated heterocycles. The molecule has 3 nitrogen and oxygen atoms in total. The van der Waals surface area contributed by atoms with Crippen molar-refractivity contribution >= 4 is 12.0 Å². The van der Waals surface area contributed by atoms with Crippen LogP contribution in [0.5, 0.6) is 0 Å². The molecule has 0 unspecified atom stereocenters. The van der Waals surface area contributed by atoms with Crippen LogP contribution >= 0.6 is 0 Å². The Labute approximate surface area is 109 Å². The van der Waals surface area contributed by atoms with Crippen molar-refractivity contribution in [3.8, 4) is 0 Å². The van der Waals surface area contributed by atoms with Crippen molar-refractivity contribution < 1.29 is 14.4 Å². The van der Waals surface area contributed by atoms with E-state index in [1.54, 1.807) is 6.08 Å². The molecule has 0 aliphatic heterocycles. The quantitative estimate of drug-likeness (QED) is 0.684. The molecule has 1 aromatic rings. The number of carboxylic acids is 1. The summed E-state index contributed by atoms with van der Waals surface area (Å²) in [7, 11) is 0. The van der Waals surface area contributed by atoms with Crippen molar-refractivity contribution in [2.75, 3.05) is 19.6 Å². The van der Waals surface area contributed by atoms with Gasteiger partial charge in [-0.05, 0) is 19.4 Å². The first kappa shape index (κ1) is 14.5. The third-order valence-electron chi connectivity index (χ3n) is 3.54. The van der Waals surface area contributed by atoms with Gasteiger partial charge in [-0.25, -0.2) is 0 Å². The summed E-state index contributed by atoms with van der Waals surface area (Å²) in [6, 6.07) is 8.07. The van der Waals surface area contributed by atoms with E-state index in [1.807, 2.05) is 38.1 Å². The van der Waals surface area contributed by atoms with Crippen LogP contribution in [-0.4, -0.2) is 30.1 Å². The average Bonchev–Trinajstić information content (AvgIpc) is 2.38. The van der Waals surface area contributed by atoms with E-state index in [-0.39, 0.29) is 6.54 Å². The molecule has 0 aliphatic rings. The van der Waals surface area contributed by atoms with Crippen molar-refractivity contribution in [3.63, 3.8) is 0 Å². The Bertz CT molecular complexity index is 405. The summed E-state index contributed by atoms with van der Waals surface area (Å²) in [6.45, 7) is 10.1. The highest BCUT2D eigenvalue weighted by atomic mass is 16.4. The fraction of sp³-hybridized carbons (Fsp3) is 0.400. The second kappa shape index (κ2) is 6.36. The molecular weight excluding hydrogens is 226 g/mol. The highest BCUT2D eigenvalue weighted by Gasteiger charge is 2.23. The van der Waals surface area contributed by atoms with E-state index in [4.69, 9.17) is 0 Å². The zero-order valence-electron chi connectivity index (χ0n) is 11.2. The second-order valence-electron chi connectivity index (χ2n) is 4.61. The molecule has 1 aromatic carbocycles. The Morgan fingerprint density at radius 1 is 1.28 bits per heavy atom. The van der Waals surface area contributed by atoms with Gasteiger partial charge in [-0.1, -0.05) is 36.9 Å². The van der Waals surface area contributed by atoms with E-state index in [0.717, 1.165) is 30.8 Å². The molecule has 0 bridgehead atoms. The van der Waals surface area contributed by atoms with E-state index in [1.165, 1.54) is 0 Å². The number of carbonyl (C=O) groups is 1. The first-order valence-corrected chi connectivity index (χ1v) is 6.31. The van der Waals surface area contributed by atoms with Gasteiger partial charge in [0.2, 0.25) is 0 Å². The highest BCUT2D eigenvalue weighted by molar-refractivity contribution is 5.65. The zero-order chi connectivity index (χ0) is 13.6. The van der Waals surface area contributed by atoms with E-state index in [2.05, 4.69) is 6.58 Å². The molecule has 1 rings (SSSR count). The molecule has 0 atom stereocenters. The number of rotatable bonds is 7. The van der Waals surface area contributed by atoms with Gasteiger partial charge >= 0.3 is 0 Å². The lowest BCUT2D eigenvalue weighted by atomic mass is 10.1. The minimum Gasteiger partial charge on any atom is -0.544 e. The lowest BCUT2D eigenvalue weighted by molar-refractivity contribution is -0.932. The fourth-order valence-electron chi connectivity index (χ4n) is 2.15. The first-order chi connectivity index (χ1) is 8.55. The van der Waals surface area contributed by atoms with Crippen molar-refractivity contribution in [1.29, 1.82) is 0 Å². The van der Waals surface area contributed by atoms with Gasteiger partial charge in [0.15, 0.2) is 0 Å². The topological polar surface area (TPSA) is 40.1 Å². The minimum absolute atomic E-state index is 0.0657. The van der Waals surface area contributed by atoms with Gasteiger partial charge in [-0.3, -0.25) is 0 Å². The fourth-order valence-corrected chi connectivity index (χ4v) is 2.15. The number of hydrogen-bond donors (Lipinski definition) is 0. The molecule has 98 valence electrons. The van der Waals surface area contributed by atoms with Gasteiger partial charge in [-0.15, -0.1) is 0 Å². The maximum absolute atomic E-state index is 10.9. The largest absolute Gasteiger partial charge is 0.544 e. The smallest absolute Gasteiger partial charge is 0.119 e. The van der Waals surface area contributed by atoms with Crippen molar-refractivity contribution in [2.45, 2.75) is 20.4 Å². The molecule has 0 saturated carbocycles. The molecule has 0 amide bonds. The molecule has 0 fully saturated rings. The molecule has 0 aromatic heterocycles. The summed E-state index contributed by atoms with van der Waals surface area (Å²) in [4.78, 5) is 10.9. The number of carboxylic acid groups (broad SMARTS) is 1. The number of hydrogen-bond acceptors (Lipinski definition) is 2. The SMILES string of the molecule is C=Cc1ccc(C[N+](CC)(CC)CC(=O)[O-])cc1. The number of quaternary nitrogens is 1. The summed E-state index contributed by atoms with van der Waals surface area (Å²) in [5.41, 5.74) is 2.22. The number of nitrogens with zero attached hydrogens (tertiary/aromatic N) is 1. The lowest BCUT2D eigenvalue weighted by Gasteiger charge is -2.37. The molecule has 0 radical (unpaired) electrons. The van der Waals surface area contributed by atoms with E-state index in [0.29, 0.717) is 4.48 Å². The molecular formula is C15H21NO2. The van der Waals surface area contributed by atoms with Gasteiger partial charge in [0.25, 0.3) is 0 Å². The predicted octanol–water partition coefficient (Wildman–Crippen LogP) is 1.44. The number of likely N-dealkylation sites (N-methyl/N-ethyl adjacent to an activating group) is 1. The van der Waals surface area contributed by atoms with Crippen LogP contribution < -0.4 is 5.11 Å². The van der Waals surface area contributed by atoms with E-state index in [9.17, 15) is 9.90 Å². The number of benzene rings is 1. The Balaban J connectivity index is 2.87. The van der Waals surface area contributed by atoms with Crippen molar-refractivity contribution in [3.05, 3.63) is 42.0 Å². The monoisotopic (exact) mass is 247 g/mol. The van der Waals surface area contributed by atoms with Gasteiger partial charge < -0.3 is 14.4 Å². The number of aliphatic carboxylic acids is 1. The van der Waals surface area contributed by atoms with Gasteiger partial charge in [0.1, 0.15) is 13.1 Å². The third kappa shape index (κ3) is 3.70. The van der Waals surface area contributed by atoms with Gasteiger partial charge in [-0.2, -0.15) is 0 Å². The molecule has 0 spiro atoms. The Morgan fingerprint density at radius 2 is 1.83 bits per heavy atom. The molecule has 0 heterocycles. The van der Waals surface area contributed by atoms with Crippen molar-refractivity contribution in [2.24, 2.45) is 0 Å². The van der Waals surface area contributed by atoms with Gasteiger partial charge in [0, 0.05) is 5.56 Å². The van der Waals surface area contributed by atoms with Crippen LogP contribution in [0.3, 0.4) is 0 Å². The first-order valence-electron chi connectivity index (χ1n) is 6.31. The summed E-state index contributed by atoms with van der Waals surface area (Å²) in [5, 5.41) is 10.9. The van der Waals surface area contributed by atoms with Crippen LogP contribution in [0.25, 0.3) is 6.08 Å². The minimum atomic E-state index is -0.985. The maximum atomic E-state index is 10.9. The molecule has 3 heteroatoms. The average molecular weight is 247 g/mol. The van der Waals surface area contributed by atoms with E-state index >= 15 is 0 Å². The summed E-state index contributed by atoms with van der Waals surface area (Å²) in [5.74, 6) is -0.985. The Hall–Kier alpha value is -1.61. The Kier molecular flexibility index (Phi) is 5.10. The lowest BCUT2D eigenvalue weighted by Crippen LogP contribution is -2.53. The highest BCUT2D eigenvalue weighted by Crippen LogP contribution is 2.15. The van der Waals surface area contributed by atoms with Crippen LogP contribution in [-0.2, 0) is 11.3 Å². The predicted molar refractivity (Wildman–Crippen MR) is 71.5 cm³/mol. The summed E-state index contributed by atoms with van der Waals surface area (Å²) < 4.78 is 0.524. The van der Waals surface area contributed by atoms with Crippen molar-refractivity contribution in [1.82, 2.24) is 0 Å². The summed E-state index contributed by atoms with van der Waals surface area (Å²) >= 11 is 0. The summed E-state index contributed by atoms with van der Waals surface area (Å²) in [6.07, 6.45) is 1.80. The van der Waals surface area contributed by atoms with E-state index < -0.39 is 5.97 Å². The third-order valence-corrected chi connectivity index (χ3v) is 3.54. The maximum Gasteiger partial charge on any atom is 0.119 e. The molecule has 18 heavy (non-hydrogen) atoms. The normalized spacial score (nSPS) is 11.2. The van der Waals surface area contributed by atoms with Gasteiger partial charge in [0.05, 0.1) is 19.1 Å². The van der Waals surface area contributed by atoms with Crippen LogP contribution in [0.4, 0.5) is 0 Å². The van der Waals surface area contributed by atoms with Crippen LogP contribution in [0, 0.1) is 0 Å². The Morgan fingerprint density at radius 3 is 2.22 bits per heavy atom. The van der Waals surface area contributed by atoms with Crippen LogP contribution in [0.15, 0.2) is 30.8 Å². The van der Waals surface area contributed by atoms with Crippen LogP contribution in [0.1, 0.15) is 25.0 Å². The van der Waals surface area contributed by atoms with Crippen LogP contribution in [0.2, 0.25) is 0 Å². The standard InChI is InChI=1S/C15H21NO2/c1-4-13-7-9-14(10-8-13)11-16(5-2,6-3)12-15(17)18/h4,7-10H,1,5-6,11-12H2,2-3H3. The molecule has 0 aliphatic carbocycles.